The molecule has 1 aliphatic rings. The predicted octanol–water partition coefficient (Wildman–Crippen LogP) is 3.09. The van der Waals surface area contributed by atoms with Crippen molar-refractivity contribution in [2.75, 3.05) is 19.7 Å². The van der Waals surface area contributed by atoms with E-state index >= 15 is 0 Å². The highest BCUT2D eigenvalue weighted by Crippen LogP contribution is 2.31. The molecule has 0 bridgehead atoms. The molecule has 6 nitrogen and oxygen atoms in total. The second kappa shape index (κ2) is 7.98. The minimum absolute atomic E-state index is 0.144. The lowest BCUT2D eigenvalue weighted by atomic mass is 10.1. The van der Waals surface area contributed by atoms with Gasteiger partial charge in [-0.05, 0) is 36.8 Å². The molecule has 0 radical (unpaired) electrons. The Balaban J connectivity index is 1.52. The molecule has 3 amide bonds. The fraction of sp³-hybridized carbons (Fsp3) is 0.211. The lowest BCUT2D eigenvalue weighted by Gasteiger charge is -2.14. The van der Waals surface area contributed by atoms with Crippen LogP contribution in [0.4, 0.5) is 0 Å². The van der Waals surface area contributed by atoms with Crippen molar-refractivity contribution in [2.24, 2.45) is 0 Å². The van der Waals surface area contributed by atoms with Gasteiger partial charge in [-0.15, -0.1) is 0 Å². The summed E-state index contributed by atoms with van der Waals surface area (Å²) in [7, 11) is 0. The fourth-order valence-electron chi connectivity index (χ4n) is 2.69. The van der Waals surface area contributed by atoms with Crippen LogP contribution in [0.1, 0.15) is 26.3 Å². The number of imide groups is 1. The Kier molecular flexibility index (Phi) is 5.68. The van der Waals surface area contributed by atoms with Gasteiger partial charge in [-0.1, -0.05) is 35.3 Å². The summed E-state index contributed by atoms with van der Waals surface area (Å²) in [5, 5.41) is 2.98. The van der Waals surface area contributed by atoms with E-state index in [0.717, 1.165) is 10.5 Å². The molecule has 1 heterocycles. The fourth-order valence-corrected chi connectivity index (χ4v) is 3.02. The van der Waals surface area contributed by atoms with Gasteiger partial charge in [-0.25, -0.2) is 0 Å². The molecule has 1 N–H and O–H groups in total. The number of amides is 3. The molecule has 1 aliphatic heterocycles. The van der Waals surface area contributed by atoms with Crippen molar-refractivity contribution in [3.63, 3.8) is 0 Å². The van der Waals surface area contributed by atoms with Gasteiger partial charge in [0.15, 0.2) is 0 Å². The van der Waals surface area contributed by atoms with Crippen molar-refractivity contribution in [3.05, 3.63) is 63.1 Å². The van der Waals surface area contributed by atoms with Gasteiger partial charge in [-0.3, -0.25) is 19.3 Å². The maximum absolute atomic E-state index is 12.4. The highest BCUT2D eigenvalue weighted by atomic mass is 35.5. The molecule has 140 valence electrons. The summed E-state index contributed by atoms with van der Waals surface area (Å²) in [4.78, 5) is 37.6. The van der Waals surface area contributed by atoms with E-state index in [1.54, 1.807) is 0 Å². The zero-order valence-electron chi connectivity index (χ0n) is 14.4. The van der Waals surface area contributed by atoms with Crippen LogP contribution in [0.5, 0.6) is 5.75 Å². The molecule has 3 rings (SSSR count). The number of benzene rings is 2. The average molecular weight is 407 g/mol. The lowest BCUT2D eigenvalue weighted by molar-refractivity contribution is -0.121. The number of hydrogen-bond acceptors (Lipinski definition) is 4. The Morgan fingerprint density at radius 1 is 1.07 bits per heavy atom. The van der Waals surface area contributed by atoms with E-state index < -0.39 is 17.7 Å². The Labute approximate surface area is 166 Å². The van der Waals surface area contributed by atoms with E-state index in [1.807, 2.05) is 31.2 Å². The maximum Gasteiger partial charge on any atom is 0.262 e. The number of halogens is 2. The molecular formula is C19H16Cl2N2O4. The molecule has 0 atom stereocenters. The predicted molar refractivity (Wildman–Crippen MR) is 102 cm³/mol. The molecule has 2 aromatic carbocycles. The third-order valence-corrected chi connectivity index (χ3v) is 4.72. The second-order valence-corrected chi connectivity index (χ2v) is 6.84. The first kappa shape index (κ1) is 19.2. The third-order valence-electron chi connectivity index (χ3n) is 4.00. The number of ether oxygens (including phenoxy) is 1. The molecular weight excluding hydrogens is 391 g/mol. The van der Waals surface area contributed by atoms with Crippen molar-refractivity contribution in [2.45, 2.75) is 6.92 Å². The van der Waals surface area contributed by atoms with Gasteiger partial charge in [0.25, 0.3) is 11.8 Å². The van der Waals surface area contributed by atoms with Crippen LogP contribution in [0.2, 0.25) is 10.0 Å². The van der Waals surface area contributed by atoms with E-state index in [-0.39, 0.29) is 40.9 Å². The summed E-state index contributed by atoms with van der Waals surface area (Å²) < 4.78 is 5.53. The summed E-state index contributed by atoms with van der Waals surface area (Å²) >= 11 is 11.8. The zero-order valence-corrected chi connectivity index (χ0v) is 15.9. The molecule has 0 unspecified atom stereocenters. The number of nitrogens with one attached hydrogen (secondary N) is 1. The Morgan fingerprint density at radius 3 is 2.30 bits per heavy atom. The van der Waals surface area contributed by atoms with E-state index in [4.69, 9.17) is 27.9 Å². The summed E-state index contributed by atoms with van der Waals surface area (Å²) in [5.74, 6) is -0.896. The molecule has 0 fully saturated rings. The zero-order chi connectivity index (χ0) is 19.6. The van der Waals surface area contributed by atoms with E-state index in [1.165, 1.54) is 12.1 Å². The summed E-state index contributed by atoms with van der Waals surface area (Å²) in [6, 6.07) is 10.2. The molecule has 0 saturated heterocycles. The number of hydrogen-bond donors (Lipinski definition) is 1. The SMILES string of the molecule is Cc1cccc(OCCNC(=O)CN2C(=O)c3cc(Cl)c(Cl)cc3C2=O)c1. The standard InChI is InChI=1S/C19H16Cl2N2O4/c1-11-3-2-4-12(7-11)27-6-5-22-17(24)10-23-18(25)13-8-15(20)16(21)9-14(13)19(23)26/h2-4,7-9H,5-6,10H2,1H3,(H,22,24). The normalized spacial score (nSPS) is 12.9. The van der Waals surface area contributed by atoms with Gasteiger partial charge in [0.1, 0.15) is 18.9 Å². The number of nitrogens with zero attached hydrogens (tertiary/aromatic N) is 1. The monoisotopic (exact) mass is 406 g/mol. The minimum Gasteiger partial charge on any atom is -0.492 e. The van der Waals surface area contributed by atoms with Crippen LogP contribution in [0.25, 0.3) is 0 Å². The average Bonchev–Trinajstić information content (AvgIpc) is 2.84. The van der Waals surface area contributed by atoms with Crippen molar-refractivity contribution < 1.29 is 19.1 Å². The molecule has 0 aliphatic carbocycles. The van der Waals surface area contributed by atoms with Gasteiger partial charge >= 0.3 is 0 Å². The van der Waals surface area contributed by atoms with Gasteiger partial charge < -0.3 is 10.1 Å². The van der Waals surface area contributed by atoms with E-state index in [9.17, 15) is 14.4 Å². The largest absolute Gasteiger partial charge is 0.492 e. The minimum atomic E-state index is -0.570. The van der Waals surface area contributed by atoms with E-state index in [2.05, 4.69) is 5.32 Å². The van der Waals surface area contributed by atoms with Crippen LogP contribution in [-0.2, 0) is 4.79 Å². The first-order chi connectivity index (χ1) is 12.9. The van der Waals surface area contributed by atoms with Gasteiger partial charge in [0.05, 0.1) is 27.7 Å². The highest BCUT2D eigenvalue weighted by molar-refractivity contribution is 6.43. The number of carbonyl (C=O) groups is 3. The number of carbonyl (C=O) groups excluding carboxylic acids is 3. The van der Waals surface area contributed by atoms with Gasteiger partial charge in [0, 0.05) is 0 Å². The quantitative estimate of drug-likeness (QED) is 0.590. The summed E-state index contributed by atoms with van der Waals surface area (Å²) in [6.45, 7) is 2.08. The summed E-state index contributed by atoms with van der Waals surface area (Å²) in [6.07, 6.45) is 0. The topological polar surface area (TPSA) is 75.7 Å². The van der Waals surface area contributed by atoms with E-state index in [0.29, 0.717) is 5.75 Å². The molecule has 27 heavy (non-hydrogen) atoms. The van der Waals surface area contributed by atoms with Crippen LogP contribution in [0, 0.1) is 6.92 Å². The first-order valence-electron chi connectivity index (χ1n) is 8.18. The molecule has 8 heteroatoms. The Morgan fingerprint density at radius 2 is 1.70 bits per heavy atom. The van der Waals surface area contributed by atoms with Crippen molar-refractivity contribution in [1.29, 1.82) is 0 Å². The molecule has 2 aromatic rings. The van der Waals surface area contributed by atoms with Crippen LogP contribution >= 0.6 is 23.2 Å². The lowest BCUT2D eigenvalue weighted by Crippen LogP contribution is -2.41. The van der Waals surface area contributed by atoms with Gasteiger partial charge in [-0.2, -0.15) is 0 Å². The van der Waals surface area contributed by atoms with Crippen LogP contribution in [-0.4, -0.2) is 42.3 Å². The van der Waals surface area contributed by atoms with Crippen molar-refractivity contribution >= 4 is 40.9 Å². The van der Waals surface area contributed by atoms with Crippen molar-refractivity contribution in [1.82, 2.24) is 10.2 Å². The van der Waals surface area contributed by atoms with Crippen LogP contribution in [0.15, 0.2) is 36.4 Å². The Hall–Kier alpha value is -2.57. The number of fused-ring (bicyclic) bond motifs is 1. The smallest absolute Gasteiger partial charge is 0.262 e. The van der Waals surface area contributed by atoms with Crippen LogP contribution < -0.4 is 10.1 Å². The first-order valence-corrected chi connectivity index (χ1v) is 8.94. The number of rotatable bonds is 6. The third kappa shape index (κ3) is 4.23. The Bertz CT molecular complexity index is 889. The van der Waals surface area contributed by atoms with Crippen molar-refractivity contribution in [3.8, 4) is 5.75 Å². The highest BCUT2D eigenvalue weighted by Gasteiger charge is 2.37. The summed E-state index contributed by atoms with van der Waals surface area (Å²) in [5.41, 5.74) is 1.36. The van der Waals surface area contributed by atoms with Crippen LogP contribution in [0.3, 0.4) is 0 Å². The molecule has 0 spiro atoms. The van der Waals surface area contributed by atoms with Gasteiger partial charge in [0.2, 0.25) is 5.91 Å². The molecule has 0 aromatic heterocycles. The number of aryl methyl sites for hydroxylation is 1. The second-order valence-electron chi connectivity index (χ2n) is 6.02. The molecule has 0 saturated carbocycles. The maximum atomic E-state index is 12.4.